The van der Waals surface area contributed by atoms with Crippen LogP contribution in [-0.4, -0.2) is 40.3 Å². The third-order valence-electron chi connectivity index (χ3n) is 3.46. The van der Waals surface area contributed by atoms with Gasteiger partial charge in [-0.15, -0.1) is 10.2 Å². The largest absolute Gasteiger partial charge is 0.297 e. The molecule has 1 amide bonds. The summed E-state index contributed by atoms with van der Waals surface area (Å²) in [6, 6.07) is 6.93. The smallest absolute Gasteiger partial charge is 0.286 e. The van der Waals surface area contributed by atoms with Crippen LogP contribution in [0.3, 0.4) is 0 Å². The number of anilines is 1. The molecule has 0 radical (unpaired) electrons. The van der Waals surface area contributed by atoms with Crippen LogP contribution in [0.2, 0.25) is 10.0 Å². The Bertz CT molecular complexity index is 1050. The lowest BCUT2D eigenvalue weighted by Crippen LogP contribution is -2.15. The topological polar surface area (TPSA) is 103 Å². The third kappa shape index (κ3) is 3.22. The van der Waals surface area contributed by atoms with Gasteiger partial charge in [0.15, 0.2) is 0 Å². The summed E-state index contributed by atoms with van der Waals surface area (Å²) >= 11 is 12.3. The standard InChI is InChI=1S/C15H10Cl2N8O/c16-10-3-1-4-11(17)9(10)7-24-8-19-14(23-24)21-13(26)12-20-15-18-5-2-6-25(15)22-12/h1-6,8H,7H2,(H,21,23,26). The van der Waals surface area contributed by atoms with E-state index in [0.717, 1.165) is 0 Å². The van der Waals surface area contributed by atoms with Crippen LogP contribution in [0.5, 0.6) is 0 Å². The van der Waals surface area contributed by atoms with Crippen molar-refractivity contribution in [3.8, 4) is 0 Å². The van der Waals surface area contributed by atoms with E-state index in [-0.39, 0.29) is 11.8 Å². The molecule has 11 heteroatoms. The molecule has 1 aromatic carbocycles. The molecule has 130 valence electrons. The van der Waals surface area contributed by atoms with E-state index in [1.807, 2.05) is 0 Å². The van der Waals surface area contributed by atoms with Crippen LogP contribution >= 0.6 is 23.2 Å². The molecule has 0 spiro atoms. The quantitative estimate of drug-likeness (QED) is 0.575. The van der Waals surface area contributed by atoms with Gasteiger partial charge in [-0.2, -0.15) is 4.98 Å². The Hall–Kier alpha value is -3.04. The van der Waals surface area contributed by atoms with Crippen molar-refractivity contribution in [1.29, 1.82) is 0 Å². The van der Waals surface area contributed by atoms with E-state index in [0.29, 0.717) is 27.9 Å². The maximum absolute atomic E-state index is 12.3. The molecule has 3 aromatic heterocycles. The lowest BCUT2D eigenvalue weighted by Gasteiger charge is -2.06. The number of aromatic nitrogens is 7. The first-order valence-corrected chi connectivity index (χ1v) is 8.17. The fourth-order valence-corrected chi connectivity index (χ4v) is 2.78. The van der Waals surface area contributed by atoms with Crippen LogP contribution < -0.4 is 5.32 Å². The van der Waals surface area contributed by atoms with Gasteiger partial charge in [-0.3, -0.25) is 10.1 Å². The minimum Gasteiger partial charge on any atom is -0.286 e. The molecule has 0 aliphatic carbocycles. The van der Waals surface area contributed by atoms with Crippen molar-refractivity contribution in [2.45, 2.75) is 6.54 Å². The number of carbonyl (C=O) groups is 1. The number of halogens is 2. The van der Waals surface area contributed by atoms with Crippen molar-refractivity contribution in [2.75, 3.05) is 5.32 Å². The van der Waals surface area contributed by atoms with Gasteiger partial charge in [0.25, 0.3) is 11.7 Å². The van der Waals surface area contributed by atoms with Crippen molar-refractivity contribution in [1.82, 2.24) is 34.3 Å². The lowest BCUT2D eigenvalue weighted by molar-refractivity contribution is 0.101. The predicted octanol–water partition coefficient (Wildman–Crippen LogP) is 2.32. The van der Waals surface area contributed by atoms with Crippen LogP contribution in [0.4, 0.5) is 5.95 Å². The Morgan fingerprint density at radius 3 is 2.69 bits per heavy atom. The monoisotopic (exact) mass is 388 g/mol. The van der Waals surface area contributed by atoms with Crippen molar-refractivity contribution in [3.05, 3.63) is 64.4 Å². The number of hydrogen-bond donors (Lipinski definition) is 1. The zero-order valence-electron chi connectivity index (χ0n) is 13.0. The molecule has 0 atom stereocenters. The average Bonchev–Trinajstić information content (AvgIpc) is 3.25. The van der Waals surface area contributed by atoms with Gasteiger partial charge in [-0.05, 0) is 18.2 Å². The van der Waals surface area contributed by atoms with Crippen LogP contribution in [0.15, 0.2) is 43.0 Å². The summed E-state index contributed by atoms with van der Waals surface area (Å²) in [7, 11) is 0. The first-order valence-electron chi connectivity index (χ1n) is 7.41. The number of hydrogen-bond acceptors (Lipinski definition) is 6. The zero-order valence-corrected chi connectivity index (χ0v) is 14.6. The molecule has 0 aliphatic rings. The van der Waals surface area contributed by atoms with E-state index < -0.39 is 5.91 Å². The van der Waals surface area contributed by atoms with Crippen LogP contribution in [0.25, 0.3) is 5.78 Å². The maximum atomic E-state index is 12.3. The van der Waals surface area contributed by atoms with E-state index in [2.05, 4.69) is 30.5 Å². The highest BCUT2D eigenvalue weighted by molar-refractivity contribution is 6.35. The summed E-state index contributed by atoms with van der Waals surface area (Å²) in [4.78, 5) is 24.3. The van der Waals surface area contributed by atoms with Gasteiger partial charge in [0, 0.05) is 28.0 Å². The summed E-state index contributed by atoms with van der Waals surface area (Å²) in [6.07, 6.45) is 4.68. The number of amides is 1. The SMILES string of the molecule is O=C(Nc1ncn(Cc2c(Cl)cccc2Cl)n1)c1nc2ncccn2n1. The van der Waals surface area contributed by atoms with Crippen molar-refractivity contribution in [2.24, 2.45) is 0 Å². The highest BCUT2D eigenvalue weighted by Crippen LogP contribution is 2.24. The normalized spacial score (nSPS) is 11.0. The molecular weight excluding hydrogens is 379 g/mol. The van der Waals surface area contributed by atoms with Crippen LogP contribution in [-0.2, 0) is 6.54 Å². The molecule has 1 N–H and O–H groups in total. The Morgan fingerprint density at radius 2 is 1.92 bits per heavy atom. The van der Waals surface area contributed by atoms with Gasteiger partial charge in [0.1, 0.15) is 6.33 Å². The average molecular weight is 389 g/mol. The highest BCUT2D eigenvalue weighted by Gasteiger charge is 2.16. The van der Waals surface area contributed by atoms with E-state index >= 15 is 0 Å². The van der Waals surface area contributed by atoms with Gasteiger partial charge in [-0.1, -0.05) is 29.3 Å². The number of carbonyl (C=O) groups excluding carboxylic acids is 1. The highest BCUT2D eigenvalue weighted by atomic mass is 35.5. The van der Waals surface area contributed by atoms with Gasteiger partial charge >= 0.3 is 0 Å². The van der Waals surface area contributed by atoms with E-state index in [1.165, 1.54) is 15.5 Å². The van der Waals surface area contributed by atoms with Crippen molar-refractivity contribution >= 4 is 40.8 Å². The summed E-state index contributed by atoms with van der Waals surface area (Å²) in [6.45, 7) is 0.317. The molecule has 0 unspecified atom stereocenters. The Balaban J connectivity index is 1.50. The molecule has 9 nitrogen and oxygen atoms in total. The molecule has 3 heterocycles. The fraction of sp³-hybridized carbons (Fsp3) is 0.0667. The first kappa shape index (κ1) is 16.4. The Kier molecular flexibility index (Phi) is 4.23. The van der Waals surface area contributed by atoms with Crippen molar-refractivity contribution < 1.29 is 4.79 Å². The van der Waals surface area contributed by atoms with E-state index in [1.54, 1.807) is 36.7 Å². The minimum absolute atomic E-state index is 0.0331. The molecule has 0 saturated carbocycles. The second-order valence-corrected chi connectivity index (χ2v) is 6.03. The number of nitrogens with one attached hydrogen (secondary N) is 1. The van der Waals surface area contributed by atoms with Gasteiger partial charge in [0.2, 0.25) is 11.8 Å². The lowest BCUT2D eigenvalue weighted by atomic mass is 10.2. The summed E-state index contributed by atoms with van der Waals surface area (Å²) < 4.78 is 2.92. The van der Waals surface area contributed by atoms with Crippen LogP contribution in [0, 0.1) is 0 Å². The molecule has 4 aromatic rings. The van der Waals surface area contributed by atoms with E-state index in [9.17, 15) is 4.79 Å². The maximum Gasteiger partial charge on any atom is 0.297 e. The molecule has 0 saturated heterocycles. The first-order chi connectivity index (χ1) is 12.6. The number of nitrogens with zero attached hydrogens (tertiary/aromatic N) is 7. The third-order valence-corrected chi connectivity index (χ3v) is 4.17. The minimum atomic E-state index is -0.538. The summed E-state index contributed by atoms with van der Waals surface area (Å²) in [5, 5.41) is 11.8. The number of rotatable bonds is 4. The number of benzene rings is 1. The Morgan fingerprint density at radius 1 is 1.12 bits per heavy atom. The van der Waals surface area contributed by atoms with E-state index in [4.69, 9.17) is 23.2 Å². The predicted molar refractivity (Wildman–Crippen MR) is 94.3 cm³/mol. The van der Waals surface area contributed by atoms with Gasteiger partial charge in [0.05, 0.1) is 6.54 Å². The molecule has 0 aliphatic heterocycles. The molecular formula is C15H10Cl2N8O. The van der Waals surface area contributed by atoms with Crippen molar-refractivity contribution in [3.63, 3.8) is 0 Å². The van der Waals surface area contributed by atoms with Crippen LogP contribution in [0.1, 0.15) is 16.2 Å². The molecule has 26 heavy (non-hydrogen) atoms. The molecule has 4 rings (SSSR count). The number of fused-ring (bicyclic) bond motifs is 1. The Labute approximate surface area is 156 Å². The second-order valence-electron chi connectivity index (χ2n) is 5.22. The summed E-state index contributed by atoms with van der Waals surface area (Å²) in [5.74, 6) is -0.132. The fourth-order valence-electron chi connectivity index (χ4n) is 2.26. The molecule has 0 bridgehead atoms. The summed E-state index contributed by atoms with van der Waals surface area (Å²) in [5.41, 5.74) is 0.715. The zero-order chi connectivity index (χ0) is 18.1. The molecule has 0 fully saturated rings. The second kappa shape index (κ2) is 6.70. The van der Waals surface area contributed by atoms with Gasteiger partial charge in [-0.25, -0.2) is 19.2 Å². The van der Waals surface area contributed by atoms with Gasteiger partial charge < -0.3 is 0 Å².